The second-order valence-corrected chi connectivity index (χ2v) is 8.95. The van der Waals surface area contributed by atoms with Crippen molar-refractivity contribution in [3.05, 3.63) is 96.1 Å². The fourth-order valence-corrected chi connectivity index (χ4v) is 4.52. The summed E-state index contributed by atoms with van der Waals surface area (Å²) in [5, 5.41) is 14.0. The molecule has 0 aliphatic carbocycles. The van der Waals surface area contributed by atoms with Crippen LogP contribution in [-0.2, 0) is 9.53 Å². The van der Waals surface area contributed by atoms with E-state index in [4.69, 9.17) is 24.4 Å². The molecule has 0 saturated heterocycles. The Bertz CT molecular complexity index is 1780. The number of furan rings is 1. The Labute approximate surface area is 235 Å². The van der Waals surface area contributed by atoms with Crippen molar-refractivity contribution < 1.29 is 28.2 Å². The van der Waals surface area contributed by atoms with Crippen molar-refractivity contribution in [1.29, 1.82) is 5.26 Å². The van der Waals surface area contributed by atoms with E-state index in [9.17, 15) is 14.9 Å². The number of methoxy groups -OCH3 is 2. The molecule has 204 valence electrons. The Kier molecular flexibility index (Phi) is 7.56. The van der Waals surface area contributed by atoms with Gasteiger partial charge in [-0.3, -0.25) is 10.1 Å². The van der Waals surface area contributed by atoms with Gasteiger partial charge in [-0.25, -0.2) is 4.79 Å². The van der Waals surface area contributed by atoms with Crippen LogP contribution < -0.4 is 20.5 Å². The molecule has 0 saturated carbocycles. The second kappa shape index (κ2) is 11.6. The lowest BCUT2D eigenvalue weighted by Crippen LogP contribution is -2.21. The molecule has 0 atom stereocenters. The zero-order chi connectivity index (χ0) is 28.9. The van der Waals surface area contributed by atoms with Gasteiger partial charge in [0.2, 0.25) is 5.88 Å². The average molecular weight is 548 g/mol. The van der Waals surface area contributed by atoms with E-state index in [0.717, 1.165) is 5.39 Å². The maximum Gasteiger partial charge on any atom is 0.339 e. The molecule has 5 rings (SSSR count). The molecular formula is C32H25N3O6. The minimum Gasteiger partial charge on any atom is -0.497 e. The van der Waals surface area contributed by atoms with Crippen molar-refractivity contribution in [2.24, 2.45) is 0 Å². The highest BCUT2D eigenvalue weighted by atomic mass is 16.5. The molecule has 1 amide bonds. The summed E-state index contributed by atoms with van der Waals surface area (Å²) in [6.07, 6.45) is 0. The number of rotatable bonds is 8. The number of benzene rings is 4. The van der Waals surface area contributed by atoms with Crippen LogP contribution in [-0.4, -0.2) is 32.7 Å². The van der Waals surface area contributed by atoms with E-state index >= 15 is 0 Å². The highest BCUT2D eigenvalue weighted by molar-refractivity contribution is 6.09. The first-order chi connectivity index (χ1) is 19.9. The normalized spacial score (nSPS) is 10.6. The maximum absolute atomic E-state index is 12.9. The summed E-state index contributed by atoms with van der Waals surface area (Å²) in [5.74, 6) is 0.202. The van der Waals surface area contributed by atoms with Gasteiger partial charge in [-0.15, -0.1) is 0 Å². The molecule has 3 N–H and O–H groups in total. The molecule has 0 bridgehead atoms. The molecule has 4 aromatic carbocycles. The van der Waals surface area contributed by atoms with E-state index in [1.54, 1.807) is 87.0 Å². The number of amides is 1. The first-order valence-electron chi connectivity index (χ1n) is 12.5. The smallest absolute Gasteiger partial charge is 0.339 e. The summed E-state index contributed by atoms with van der Waals surface area (Å²) < 4.78 is 21.9. The summed E-state index contributed by atoms with van der Waals surface area (Å²) in [6, 6.07) is 26.8. The largest absolute Gasteiger partial charge is 0.497 e. The summed E-state index contributed by atoms with van der Waals surface area (Å²) >= 11 is 0. The number of nitrogens with zero attached hydrogens (tertiary/aromatic N) is 1. The third-order valence-electron chi connectivity index (χ3n) is 6.50. The van der Waals surface area contributed by atoms with E-state index in [1.165, 1.54) is 0 Å². The number of hydrogen-bond acceptors (Lipinski definition) is 8. The number of nitrogen functional groups attached to an aromatic ring is 1. The first kappa shape index (κ1) is 26.8. The molecule has 1 heterocycles. The van der Waals surface area contributed by atoms with E-state index in [2.05, 4.69) is 11.4 Å². The molecular weight excluding hydrogens is 522 g/mol. The van der Waals surface area contributed by atoms with Crippen molar-refractivity contribution in [3.8, 4) is 40.0 Å². The Balaban J connectivity index is 1.43. The van der Waals surface area contributed by atoms with Crippen LogP contribution in [0.1, 0.15) is 15.9 Å². The molecule has 0 spiro atoms. The van der Waals surface area contributed by atoms with Crippen molar-refractivity contribution in [1.82, 2.24) is 0 Å². The fraction of sp³-hybridized carbons (Fsp3) is 0.0938. The number of ether oxygens (including phenoxy) is 3. The topological polar surface area (TPSA) is 137 Å². The number of nitrogens with one attached hydrogen (secondary N) is 1. The van der Waals surface area contributed by atoms with Gasteiger partial charge in [0.25, 0.3) is 5.91 Å². The van der Waals surface area contributed by atoms with Gasteiger partial charge in [-0.2, -0.15) is 5.26 Å². The fourth-order valence-electron chi connectivity index (χ4n) is 4.52. The lowest BCUT2D eigenvalue weighted by atomic mass is 9.98. The van der Waals surface area contributed by atoms with Gasteiger partial charge in [0.05, 0.1) is 19.8 Å². The molecule has 41 heavy (non-hydrogen) atoms. The van der Waals surface area contributed by atoms with Crippen LogP contribution in [0.2, 0.25) is 0 Å². The highest BCUT2D eigenvalue weighted by Gasteiger charge is 2.25. The number of nitrogens with two attached hydrogens (primary N) is 1. The van der Waals surface area contributed by atoms with Gasteiger partial charge in [-0.05, 0) is 59.5 Å². The molecule has 0 fully saturated rings. The SMILES string of the molecule is COc1ccc(-c2oc(NC(=O)COC(=O)c3cccc4cccc(N)c34)c(C#N)c2-c2ccc(OC)cc2)cc1. The molecule has 9 heteroatoms. The number of esters is 1. The number of anilines is 2. The number of carbonyl (C=O) groups excluding carboxylic acids is 2. The van der Waals surface area contributed by atoms with Crippen LogP contribution >= 0.6 is 0 Å². The molecule has 5 aromatic rings. The Morgan fingerprint density at radius 3 is 2.10 bits per heavy atom. The third kappa shape index (κ3) is 5.40. The summed E-state index contributed by atoms with van der Waals surface area (Å²) in [7, 11) is 3.13. The molecule has 0 aliphatic rings. The maximum atomic E-state index is 12.9. The van der Waals surface area contributed by atoms with Crippen LogP contribution in [0.4, 0.5) is 11.6 Å². The van der Waals surface area contributed by atoms with Crippen LogP contribution in [0.5, 0.6) is 11.5 Å². The molecule has 9 nitrogen and oxygen atoms in total. The number of nitriles is 1. The summed E-state index contributed by atoms with van der Waals surface area (Å²) in [4.78, 5) is 25.8. The van der Waals surface area contributed by atoms with Crippen LogP contribution in [0.25, 0.3) is 33.2 Å². The van der Waals surface area contributed by atoms with Gasteiger partial charge in [0.1, 0.15) is 28.9 Å². The molecule has 0 aliphatic heterocycles. The van der Waals surface area contributed by atoms with E-state index < -0.39 is 18.5 Å². The van der Waals surface area contributed by atoms with Gasteiger partial charge >= 0.3 is 5.97 Å². The Morgan fingerprint density at radius 2 is 1.49 bits per heavy atom. The lowest BCUT2D eigenvalue weighted by Gasteiger charge is -2.09. The van der Waals surface area contributed by atoms with E-state index in [1.807, 2.05) is 12.1 Å². The number of fused-ring (bicyclic) bond motifs is 1. The molecule has 0 radical (unpaired) electrons. The van der Waals surface area contributed by atoms with E-state index in [0.29, 0.717) is 45.0 Å². The average Bonchev–Trinajstić information content (AvgIpc) is 3.37. The Hall–Kier alpha value is -5.75. The van der Waals surface area contributed by atoms with Gasteiger partial charge in [0, 0.05) is 22.2 Å². The van der Waals surface area contributed by atoms with Crippen molar-refractivity contribution in [2.45, 2.75) is 0 Å². The second-order valence-electron chi connectivity index (χ2n) is 8.95. The summed E-state index contributed by atoms with van der Waals surface area (Å²) in [6.45, 7) is -0.608. The summed E-state index contributed by atoms with van der Waals surface area (Å²) in [5.41, 5.74) is 8.69. The van der Waals surface area contributed by atoms with Crippen molar-refractivity contribution in [3.63, 3.8) is 0 Å². The predicted molar refractivity (Wildman–Crippen MR) is 155 cm³/mol. The first-order valence-corrected chi connectivity index (χ1v) is 12.5. The van der Waals surface area contributed by atoms with Crippen LogP contribution in [0, 0.1) is 11.3 Å². The third-order valence-corrected chi connectivity index (χ3v) is 6.50. The van der Waals surface area contributed by atoms with Crippen LogP contribution in [0.15, 0.2) is 89.3 Å². The van der Waals surface area contributed by atoms with E-state index in [-0.39, 0.29) is 17.0 Å². The lowest BCUT2D eigenvalue weighted by molar-refractivity contribution is -0.119. The zero-order valence-corrected chi connectivity index (χ0v) is 22.3. The molecule has 0 unspecified atom stereocenters. The molecule has 1 aromatic heterocycles. The quantitative estimate of drug-likeness (QED) is 0.177. The standard InChI is InChI=1S/C32H25N3O6/c1-38-22-13-9-20(10-14-22)29-25(17-33)31(41-30(29)21-11-15-23(39-2)16-12-21)35-27(36)18-40-32(37)24-7-3-5-19-6-4-8-26(34)28(19)24/h3-16H,18,34H2,1-2H3,(H,35,36). The van der Waals surface area contributed by atoms with Gasteiger partial charge in [0.15, 0.2) is 6.61 Å². The van der Waals surface area contributed by atoms with Crippen molar-refractivity contribution >= 4 is 34.2 Å². The monoisotopic (exact) mass is 547 g/mol. The minimum atomic E-state index is -0.707. The van der Waals surface area contributed by atoms with Gasteiger partial charge < -0.3 is 24.4 Å². The Morgan fingerprint density at radius 1 is 0.878 bits per heavy atom. The number of hydrogen-bond donors (Lipinski definition) is 2. The van der Waals surface area contributed by atoms with Gasteiger partial charge in [-0.1, -0.05) is 36.4 Å². The highest BCUT2D eigenvalue weighted by Crippen LogP contribution is 2.42. The number of carbonyl (C=O) groups is 2. The van der Waals surface area contributed by atoms with Crippen LogP contribution in [0.3, 0.4) is 0 Å². The van der Waals surface area contributed by atoms with Crippen molar-refractivity contribution in [2.75, 3.05) is 31.9 Å². The predicted octanol–water partition coefficient (Wildman–Crippen LogP) is 6.03. The zero-order valence-electron chi connectivity index (χ0n) is 22.3. The minimum absolute atomic E-state index is 0.0698.